The molecule has 0 saturated carbocycles. The summed E-state index contributed by atoms with van der Waals surface area (Å²) in [6, 6.07) is 0. The van der Waals surface area contributed by atoms with E-state index < -0.39 is 0 Å². The van der Waals surface area contributed by atoms with Crippen LogP contribution in [0.15, 0.2) is 18.2 Å². The van der Waals surface area contributed by atoms with Crippen LogP contribution in [-0.2, 0) is 5.41 Å². The van der Waals surface area contributed by atoms with E-state index in [-0.39, 0.29) is 5.41 Å². The Hall–Kier alpha value is -0.830. The third kappa shape index (κ3) is 2.08. The lowest BCUT2D eigenvalue weighted by Crippen LogP contribution is -2.11. The molecule has 1 heterocycles. The summed E-state index contributed by atoms with van der Waals surface area (Å²) in [5, 5.41) is 2.67. The van der Waals surface area contributed by atoms with Crippen molar-refractivity contribution < 1.29 is 4.74 Å². The molecule has 0 bridgehead atoms. The third-order valence-electron chi connectivity index (χ3n) is 1.44. The molecular weight excluding hydrogens is 170 g/mol. The molecule has 12 heavy (non-hydrogen) atoms. The molecule has 0 unspecified atom stereocenters. The van der Waals surface area contributed by atoms with Crippen LogP contribution in [-0.4, -0.2) is 4.98 Å². The van der Waals surface area contributed by atoms with Gasteiger partial charge < -0.3 is 4.74 Å². The lowest BCUT2D eigenvalue weighted by atomic mass is 9.93. The molecule has 66 valence electrons. The molecule has 1 aromatic rings. The summed E-state index contributed by atoms with van der Waals surface area (Å²) in [4.78, 5) is 4.30. The monoisotopic (exact) mass is 183 g/mol. The second-order valence-corrected chi connectivity index (χ2v) is 4.35. The Morgan fingerprint density at radius 3 is 2.67 bits per heavy atom. The minimum atomic E-state index is 0.0965. The molecule has 3 heteroatoms. The average molecular weight is 183 g/mol. The van der Waals surface area contributed by atoms with E-state index in [1.807, 2.05) is 5.38 Å². The van der Waals surface area contributed by atoms with E-state index in [9.17, 15) is 0 Å². The van der Waals surface area contributed by atoms with Crippen molar-refractivity contribution in [1.82, 2.24) is 4.98 Å². The van der Waals surface area contributed by atoms with E-state index in [4.69, 9.17) is 4.74 Å². The first kappa shape index (κ1) is 9.26. The van der Waals surface area contributed by atoms with E-state index in [0.29, 0.717) is 5.19 Å². The molecule has 0 radical (unpaired) electrons. The van der Waals surface area contributed by atoms with Gasteiger partial charge in [0.2, 0.25) is 0 Å². The maximum absolute atomic E-state index is 5.05. The SMILES string of the molecule is C=COc1nc(C(C)(C)C)cs1. The Balaban J connectivity index is 2.84. The number of hydrogen-bond donors (Lipinski definition) is 0. The largest absolute Gasteiger partial charge is 0.439 e. The Labute approximate surface area is 76.9 Å². The van der Waals surface area contributed by atoms with Gasteiger partial charge in [-0.15, -0.1) is 0 Å². The highest BCUT2D eigenvalue weighted by atomic mass is 32.1. The van der Waals surface area contributed by atoms with Gasteiger partial charge in [0.15, 0.2) is 0 Å². The second kappa shape index (κ2) is 3.27. The molecule has 2 nitrogen and oxygen atoms in total. The molecule has 0 aromatic carbocycles. The molecule has 0 aliphatic carbocycles. The molecule has 1 rings (SSSR count). The van der Waals surface area contributed by atoms with Gasteiger partial charge in [0.05, 0.1) is 12.0 Å². The van der Waals surface area contributed by atoms with Crippen LogP contribution < -0.4 is 4.74 Å². The van der Waals surface area contributed by atoms with Gasteiger partial charge in [0.1, 0.15) is 0 Å². The van der Waals surface area contributed by atoms with E-state index in [2.05, 4.69) is 32.3 Å². The minimum Gasteiger partial charge on any atom is -0.439 e. The van der Waals surface area contributed by atoms with Crippen molar-refractivity contribution >= 4 is 11.3 Å². The highest BCUT2D eigenvalue weighted by Gasteiger charge is 2.17. The third-order valence-corrected chi connectivity index (χ3v) is 2.17. The maximum atomic E-state index is 5.05. The molecular formula is C9H13NOS. The van der Waals surface area contributed by atoms with Crippen LogP contribution in [0.25, 0.3) is 0 Å². The van der Waals surface area contributed by atoms with Gasteiger partial charge in [-0.1, -0.05) is 38.7 Å². The quantitative estimate of drug-likeness (QED) is 0.658. The highest BCUT2D eigenvalue weighted by molar-refractivity contribution is 7.11. The van der Waals surface area contributed by atoms with Gasteiger partial charge in [0, 0.05) is 10.8 Å². The van der Waals surface area contributed by atoms with Crippen molar-refractivity contribution in [2.24, 2.45) is 0 Å². The van der Waals surface area contributed by atoms with Crippen LogP contribution >= 0.6 is 11.3 Å². The number of aromatic nitrogens is 1. The molecule has 0 atom stereocenters. The van der Waals surface area contributed by atoms with Gasteiger partial charge in [-0.05, 0) is 0 Å². The Kier molecular flexibility index (Phi) is 2.52. The van der Waals surface area contributed by atoms with Crippen molar-refractivity contribution in [3.63, 3.8) is 0 Å². The zero-order valence-corrected chi connectivity index (χ0v) is 8.44. The van der Waals surface area contributed by atoms with Crippen molar-refractivity contribution in [2.75, 3.05) is 0 Å². The van der Waals surface area contributed by atoms with Crippen LogP contribution in [0, 0.1) is 0 Å². The highest BCUT2D eigenvalue weighted by Crippen LogP contribution is 2.27. The van der Waals surface area contributed by atoms with Crippen LogP contribution in [0.3, 0.4) is 0 Å². The molecule has 0 amide bonds. The van der Waals surface area contributed by atoms with Gasteiger partial charge in [-0.3, -0.25) is 0 Å². The fourth-order valence-electron chi connectivity index (χ4n) is 0.727. The van der Waals surface area contributed by atoms with Crippen molar-refractivity contribution in [3.8, 4) is 5.19 Å². The number of ether oxygens (including phenoxy) is 1. The van der Waals surface area contributed by atoms with E-state index in [1.165, 1.54) is 17.6 Å². The predicted molar refractivity (Wildman–Crippen MR) is 51.6 cm³/mol. The summed E-state index contributed by atoms with van der Waals surface area (Å²) in [5.41, 5.74) is 1.16. The molecule has 0 aliphatic rings. The summed E-state index contributed by atoms with van der Waals surface area (Å²) in [6.07, 6.45) is 1.39. The zero-order valence-electron chi connectivity index (χ0n) is 7.63. The fourth-order valence-corrected chi connectivity index (χ4v) is 1.62. The maximum Gasteiger partial charge on any atom is 0.278 e. The normalized spacial score (nSPS) is 11.2. The second-order valence-electron chi connectivity index (χ2n) is 3.53. The zero-order chi connectivity index (χ0) is 9.19. The minimum absolute atomic E-state index is 0.0965. The molecule has 0 spiro atoms. The first-order valence-corrected chi connectivity index (χ1v) is 4.65. The lowest BCUT2D eigenvalue weighted by molar-refractivity contribution is 0.470. The summed E-state index contributed by atoms with van der Waals surface area (Å²) in [7, 11) is 0. The molecule has 0 N–H and O–H groups in total. The molecule has 1 aromatic heterocycles. The smallest absolute Gasteiger partial charge is 0.278 e. The summed E-state index contributed by atoms with van der Waals surface area (Å²) in [5.74, 6) is 0. The topological polar surface area (TPSA) is 22.1 Å². The molecule has 0 fully saturated rings. The average Bonchev–Trinajstić information content (AvgIpc) is 2.35. The number of rotatable bonds is 2. The predicted octanol–water partition coefficient (Wildman–Crippen LogP) is 2.96. The van der Waals surface area contributed by atoms with Crippen LogP contribution in [0.5, 0.6) is 5.19 Å². The molecule has 0 saturated heterocycles. The first-order chi connectivity index (χ1) is 5.54. The van der Waals surface area contributed by atoms with Gasteiger partial charge in [0.25, 0.3) is 5.19 Å². The first-order valence-electron chi connectivity index (χ1n) is 3.77. The Morgan fingerprint density at radius 2 is 2.25 bits per heavy atom. The molecule has 0 aliphatic heterocycles. The fraction of sp³-hybridized carbons (Fsp3) is 0.444. The van der Waals surface area contributed by atoms with Gasteiger partial charge in [-0.2, -0.15) is 0 Å². The Morgan fingerprint density at radius 1 is 1.58 bits per heavy atom. The van der Waals surface area contributed by atoms with E-state index >= 15 is 0 Å². The van der Waals surface area contributed by atoms with Crippen molar-refractivity contribution in [1.29, 1.82) is 0 Å². The van der Waals surface area contributed by atoms with E-state index in [1.54, 1.807) is 0 Å². The van der Waals surface area contributed by atoms with Crippen LogP contribution in [0.2, 0.25) is 0 Å². The summed E-state index contributed by atoms with van der Waals surface area (Å²) in [6.45, 7) is 9.85. The van der Waals surface area contributed by atoms with Crippen LogP contribution in [0.1, 0.15) is 26.5 Å². The van der Waals surface area contributed by atoms with E-state index in [0.717, 1.165) is 5.69 Å². The van der Waals surface area contributed by atoms with Crippen molar-refractivity contribution in [2.45, 2.75) is 26.2 Å². The van der Waals surface area contributed by atoms with Crippen molar-refractivity contribution in [3.05, 3.63) is 23.9 Å². The lowest BCUT2D eigenvalue weighted by Gasteiger charge is -2.13. The number of hydrogen-bond acceptors (Lipinski definition) is 3. The summed E-state index contributed by atoms with van der Waals surface area (Å²) >= 11 is 1.50. The summed E-state index contributed by atoms with van der Waals surface area (Å²) < 4.78 is 5.05. The Bertz CT molecular complexity index is 272. The number of nitrogens with zero attached hydrogens (tertiary/aromatic N) is 1. The van der Waals surface area contributed by atoms with Crippen LogP contribution in [0.4, 0.5) is 0 Å². The van der Waals surface area contributed by atoms with Gasteiger partial charge in [-0.25, -0.2) is 4.98 Å². The van der Waals surface area contributed by atoms with Gasteiger partial charge >= 0.3 is 0 Å². The number of thiazole rings is 1. The standard InChI is InChI=1S/C9H13NOS/c1-5-11-8-10-7(6-12-8)9(2,3)4/h5-6H,1H2,2-4H3.